The van der Waals surface area contributed by atoms with Crippen LogP contribution in [-0.4, -0.2) is 5.11 Å². The van der Waals surface area contributed by atoms with E-state index >= 15 is 0 Å². The SMILES string of the molecule is CCc1cc(Br)c(O)c(N=Nc2ccc(Cl)cc2Cl)c1. The van der Waals surface area contributed by atoms with Crippen LogP contribution >= 0.6 is 39.1 Å². The summed E-state index contributed by atoms with van der Waals surface area (Å²) in [6, 6.07) is 8.58. The topological polar surface area (TPSA) is 45.0 Å². The highest BCUT2D eigenvalue weighted by molar-refractivity contribution is 9.10. The lowest BCUT2D eigenvalue weighted by Crippen LogP contribution is -1.81. The average Bonchev–Trinajstić information content (AvgIpc) is 2.41. The summed E-state index contributed by atoms with van der Waals surface area (Å²) in [6.07, 6.45) is 0.836. The molecule has 0 aliphatic heterocycles. The summed E-state index contributed by atoms with van der Waals surface area (Å²) in [5.41, 5.74) is 1.93. The van der Waals surface area contributed by atoms with Crippen molar-refractivity contribution in [3.8, 4) is 5.75 Å². The van der Waals surface area contributed by atoms with Crippen LogP contribution in [-0.2, 0) is 6.42 Å². The van der Waals surface area contributed by atoms with Gasteiger partial charge in [-0.25, -0.2) is 0 Å². The second kappa shape index (κ2) is 6.57. The van der Waals surface area contributed by atoms with E-state index < -0.39 is 0 Å². The minimum absolute atomic E-state index is 0.0519. The molecule has 104 valence electrons. The largest absolute Gasteiger partial charge is 0.505 e. The number of phenols is 1. The molecule has 2 rings (SSSR count). The van der Waals surface area contributed by atoms with E-state index in [1.807, 2.05) is 13.0 Å². The number of hydrogen-bond acceptors (Lipinski definition) is 3. The number of rotatable bonds is 3. The van der Waals surface area contributed by atoms with Gasteiger partial charge in [-0.05, 0) is 58.2 Å². The Labute approximate surface area is 135 Å². The maximum atomic E-state index is 9.95. The van der Waals surface area contributed by atoms with Gasteiger partial charge in [-0.3, -0.25) is 0 Å². The molecule has 0 saturated heterocycles. The third kappa shape index (κ3) is 3.51. The van der Waals surface area contributed by atoms with Crippen LogP contribution < -0.4 is 0 Å². The first-order valence-electron chi connectivity index (χ1n) is 5.89. The van der Waals surface area contributed by atoms with Crippen LogP contribution in [0.5, 0.6) is 5.75 Å². The molecule has 0 saturated carbocycles. The number of hydrogen-bond donors (Lipinski definition) is 1. The van der Waals surface area contributed by atoms with Gasteiger partial charge in [0.25, 0.3) is 0 Å². The average molecular weight is 374 g/mol. The Balaban J connectivity index is 2.38. The van der Waals surface area contributed by atoms with E-state index in [-0.39, 0.29) is 5.75 Å². The van der Waals surface area contributed by atoms with Crippen LogP contribution in [0, 0.1) is 0 Å². The number of halogens is 3. The second-order valence-corrected chi connectivity index (χ2v) is 5.79. The first-order chi connectivity index (χ1) is 9.51. The molecule has 0 fully saturated rings. The molecule has 20 heavy (non-hydrogen) atoms. The number of aromatic hydroxyl groups is 1. The van der Waals surface area contributed by atoms with Gasteiger partial charge in [-0.1, -0.05) is 30.1 Å². The first-order valence-corrected chi connectivity index (χ1v) is 7.44. The maximum absolute atomic E-state index is 9.95. The zero-order valence-electron chi connectivity index (χ0n) is 10.6. The molecular formula is C14H11BrCl2N2O. The number of phenolic OH excluding ortho intramolecular Hbond substituents is 1. The van der Waals surface area contributed by atoms with Crippen molar-refractivity contribution in [3.63, 3.8) is 0 Å². The number of azo groups is 1. The van der Waals surface area contributed by atoms with Gasteiger partial charge in [-0.15, -0.1) is 10.2 Å². The third-order valence-corrected chi connectivity index (χ3v) is 3.83. The smallest absolute Gasteiger partial charge is 0.157 e. The van der Waals surface area contributed by atoms with Gasteiger partial charge >= 0.3 is 0 Å². The van der Waals surface area contributed by atoms with Crippen molar-refractivity contribution in [2.45, 2.75) is 13.3 Å². The van der Waals surface area contributed by atoms with Crippen LogP contribution in [0.25, 0.3) is 0 Å². The Hall–Kier alpha value is -1.10. The molecule has 0 radical (unpaired) electrons. The molecule has 0 unspecified atom stereocenters. The van der Waals surface area contributed by atoms with Crippen LogP contribution in [0.15, 0.2) is 45.0 Å². The third-order valence-electron chi connectivity index (χ3n) is 2.69. The zero-order valence-corrected chi connectivity index (χ0v) is 13.7. The fourth-order valence-corrected chi connectivity index (χ4v) is 2.53. The minimum Gasteiger partial charge on any atom is -0.505 e. The normalized spacial score (nSPS) is 11.2. The van der Waals surface area contributed by atoms with Crippen molar-refractivity contribution in [2.24, 2.45) is 10.2 Å². The van der Waals surface area contributed by atoms with Crippen molar-refractivity contribution in [2.75, 3.05) is 0 Å². The lowest BCUT2D eigenvalue weighted by atomic mass is 10.1. The number of aryl methyl sites for hydroxylation is 1. The van der Waals surface area contributed by atoms with Crippen molar-refractivity contribution >= 4 is 50.5 Å². The zero-order chi connectivity index (χ0) is 14.7. The van der Waals surface area contributed by atoms with Crippen LogP contribution in [0.2, 0.25) is 10.0 Å². The first kappa shape index (κ1) is 15.3. The predicted octanol–water partition coefficient (Wildman–Crippen LogP) is 6.44. The molecule has 0 bridgehead atoms. The molecule has 0 heterocycles. The molecule has 0 aliphatic rings. The van der Waals surface area contributed by atoms with Gasteiger partial charge in [0.2, 0.25) is 0 Å². The molecule has 0 aromatic heterocycles. The quantitative estimate of drug-likeness (QED) is 0.618. The van der Waals surface area contributed by atoms with Gasteiger partial charge in [-0.2, -0.15) is 0 Å². The van der Waals surface area contributed by atoms with Crippen LogP contribution in [0.4, 0.5) is 11.4 Å². The van der Waals surface area contributed by atoms with E-state index in [2.05, 4.69) is 26.2 Å². The van der Waals surface area contributed by atoms with Crippen molar-refractivity contribution in [1.29, 1.82) is 0 Å². The molecule has 0 atom stereocenters. The fourth-order valence-electron chi connectivity index (χ4n) is 1.59. The Bertz CT molecular complexity index is 674. The summed E-state index contributed by atoms with van der Waals surface area (Å²) >= 11 is 15.1. The van der Waals surface area contributed by atoms with E-state index in [4.69, 9.17) is 23.2 Å². The van der Waals surface area contributed by atoms with Crippen molar-refractivity contribution in [1.82, 2.24) is 0 Å². The number of benzene rings is 2. The molecule has 2 aromatic rings. The van der Waals surface area contributed by atoms with Crippen molar-refractivity contribution in [3.05, 3.63) is 50.4 Å². The highest BCUT2D eigenvalue weighted by atomic mass is 79.9. The van der Waals surface area contributed by atoms with Crippen molar-refractivity contribution < 1.29 is 5.11 Å². The number of nitrogens with zero attached hydrogens (tertiary/aromatic N) is 2. The Morgan fingerprint density at radius 2 is 1.80 bits per heavy atom. The van der Waals surface area contributed by atoms with E-state index in [0.29, 0.717) is 25.9 Å². The lowest BCUT2D eigenvalue weighted by Gasteiger charge is -2.04. The Morgan fingerprint density at radius 3 is 2.45 bits per heavy atom. The van der Waals surface area contributed by atoms with Gasteiger partial charge in [0.1, 0.15) is 11.4 Å². The molecule has 6 heteroatoms. The molecule has 0 amide bonds. The summed E-state index contributed by atoms with van der Waals surface area (Å²) in [5, 5.41) is 19.0. The summed E-state index contributed by atoms with van der Waals surface area (Å²) in [5.74, 6) is 0.0519. The van der Waals surface area contributed by atoms with E-state index in [0.717, 1.165) is 12.0 Å². The van der Waals surface area contributed by atoms with Crippen LogP contribution in [0.1, 0.15) is 12.5 Å². The fraction of sp³-hybridized carbons (Fsp3) is 0.143. The molecule has 2 aromatic carbocycles. The monoisotopic (exact) mass is 372 g/mol. The molecule has 3 nitrogen and oxygen atoms in total. The van der Waals surface area contributed by atoms with E-state index in [1.54, 1.807) is 24.3 Å². The highest BCUT2D eigenvalue weighted by Gasteiger charge is 2.07. The highest BCUT2D eigenvalue weighted by Crippen LogP contribution is 2.37. The van der Waals surface area contributed by atoms with Gasteiger partial charge < -0.3 is 5.11 Å². The van der Waals surface area contributed by atoms with Gasteiger partial charge in [0.05, 0.1) is 9.50 Å². The summed E-state index contributed by atoms with van der Waals surface area (Å²) in [6.45, 7) is 2.02. The standard InChI is InChI=1S/C14H11BrCl2N2O/c1-2-8-5-10(15)14(20)13(6-8)19-18-12-4-3-9(16)7-11(12)17/h3-7,20H,2H2,1H3. The van der Waals surface area contributed by atoms with Gasteiger partial charge in [0, 0.05) is 5.02 Å². The Kier molecular flexibility index (Phi) is 5.02. The molecule has 1 N–H and O–H groups in total. The maximum Gasteiger partial charge on any atom is 0.157 e. The molecule has 0 aliphatic carbocycles. The summed E-state index contributed by atoms with van der Waals surface area (Å²) in [4.78, 5) is 0. The molecule has 0 spiro atoms. The molecular weight excluding hydrogens is 363 g/mol. The summed E-state index contributed by atoms with van der Waals surface area (Å²) in [7, 11) is 0. The predicted molar refractivity (Wildman–Crippen MR) is 85.8 cm³/mol. The van der Waals surface area contributed by atoms with Gasteiger partial charge in [0.15, 0.2) is 5.75 Å². The second-order valence-electron chi connectivity index (χ2n) is 4.09. The Morgan fingerprint density at radius 1 is 1.10 bits per heavy atom. The summed E-state index contributed by atoms with van der Waals surface area (Å²) < 4.78 is 0.591. The van der Waals surface area contributed by atoms with E-state index in [1.165, 1.54) is 0 Å². The minimum atomic E-state index is 0.0519. The van der Waals surface area contributed by atoms with E-state index in [9.17, 15) is 5.11 Å². The van der Waals surface area contributed by atoms with Crippen LogP contribution in [0.3, 0.4) is 0 Å². The lowest BCUT2D eigenvalue weighted by molar-refractivity contribution is 0.473.